The third-order valence-corrected chi connectivity index (χ3v) is 5.26. The average molecular weight is 431 g/mol. The number of aromatic nitrogens is 4. The second kappa shape index (κ2) is 8.55. The van der Waals surface area contributed by atoms with E-state index < -0.39 is 0 Å². The quantitative estimate of drug-likeness (QED) is 0.509. The molecule has 30 heavy (non-hydrogen) atoms. The highest BCUT2D eigenvalue weighted by Gasteiger charge is 2.27. The number of furan rings is 1. The van der Waals surface area contributed by atoms with Crippen LogP contribution in [0.4, 0.5) is 0 Å². The first kappa shape index (κ1) is 20.5. The fraction of sp³-hybridized carbons (Fsp3) is 0.400. The first-order chi connectivity index (χ1) is 14.2. The molecule has 0 saturated carbocycles. The van der Waals surface area contributed by atoms with Crippen molar-refractivity contribution in [1.82, 2.24) is 30.5 Å². The summed E-state index contributed by atoms with van der Waals surface area (Å²) >= 11 is 0. The van der Waals surface area contributed by atoms with Gasteiger partial charge in [-0.2, -0.15) is 4.98 Å². The van der Waals surface area contributed by atoms with Crippen LogP contribution < -0.4 is 5.32 Å². The van der Waals surface area contributed by atoms with Crippen molar-refractivity contribution in [1.29, 1.82) is 0 Å². The Morgan fingerprint density at radius 2 is 2.13 bits per heavy atom. The number of nitrogens with zero attached hydrogens (tertiary/aromatic N) is 5. The highest BCUT2D eigenvalue weighted by atomic mass is 35.5. The van der Waals surface area contributed by atoms with Gasteiger partial charge in [0.1, 0.15) is 5.69 Å². The predicted octanol–water partition coefficient (Wildman–Crippen LogP) is 3.48. The van der Waals surface area contributed by atoms with Crippen molar-refractivity contribution in [2.75, 3.05) is 26.7 Å². The molecule has 1 unspecified atom stereocenters. The van der Waals surface area contributed by atoms with Gasteiger partial charge in [0.05, 0.1) is 28.9 Å². The Morgan fingerprint density at radius 1 is 1.23 bits per heavy atom. The molecule has 0 radical (unpaired) electrons. The van der Waals surface area contributed by atoms with Crippen molar-refractivity contribution >= 4 is 23.5 Å². The van der Waals surface area contributed by atoms with Crippen molar-refractivity contribution in [3.63, 3.8) is 0 Å². The molecular formula is C20H23ClN6O3. The third-order valence-electron chi connectivity index (χ3n) is 5.26. The molecule has 1 fully saturated rings. The van der Waals surface area contributed by atoms with Gasteiger partial charge < -0.3 is 18.8 Å². The molecule has 1 N–H and O–H groups in total. The molecule has 0 aliphatic carbocycles. The Bertz CT molecular complexity index is 1120. The molecule has 1 aliphatic rings. The van der Waals surface area contributed by atoms with Gasteiger partial charge in [0.15, 0.2) is 11.6 Å². The van der Waals surface area contributed by atoms with Gasteiger partial charge in [-0.25, -0.2) is 4.98 Å². The minimum Gasteiger partial charge on any atom is -0.463 e. The van der Waals surface area contributed by atoms with Crippen LogP contribution in [0.3, 0.4) is 0 Å². The van der Waals surface area contributed by atoms with E-state index in [9.17, 15) is 0 Å². The largest absolute Gasteiger partial charge is 0.463 e. The number of hydrogen-bond donors (Lipinski definition) is 1. The van der Waals surface area contributed by atoms with Gasteiger partial charge in [0.25, 0.3) is 11.6 Å². The van der Waals surface area contributed by atoms with E-state index in [1.165, 1.54) is 0 Å². The van der Waals surface area contributed by atoms with E-state index >= 15 is 0 Å². The normalized spacial score (nSPS) is 17.3. The summed E-state index contributed by atoms with van der Waals surface area (Å²) < 4.78 is 16.7. The van der Waals surface area contributed by atoms with Crippen LogP contribution in [0.1, 0.15) is 30.9 Å². The highest BCUT2D eigenvalue weighted by Crippen LogP contribution is 2.34. The molecule has 1 saturated heterocycles. The van der Waals surface area contributed by atoms with E-state index in [-0.39, 0.29) is 18.4 Å². The van der Waals surface area contributed by atoms with Gasteiger partial charge in [-0.05, 0) is 31.7 Å². The van der Waals surface area contributed by atoms with Crippen molar-refractivity contribution in [3.05, 3.63) is 36.0 Å². The van der Waals surface area contributed by atoms with E-state index in [1.54, 1.807) is 6.26 Å². The van der Waals surface area contributed by atoms with Crippen LogP contribution >= 0.6 is 12.4 Å². The first-order valence-corrected chi connectivity index (χ1v) is 9.82. The van der Waals surface area contributed by atoms with E-state index in [0.29, 0.717) is 28.9 Å². The SMILES string of the molecule is CCCc1noc2nc(-c3ccco3)cc(-c3nc(C4CNCCN4C)no3)c12.Cl. The maximum Gasteiger partial charge on any atom is 0.259 e. The molecule has 4 aromatic rings. The van der Waals surface area contributed by atoms with Crippen LogP contribution in [0.25, 0.3) is 34.0 Å². The lowest BCUT2D eigenvalue weighted by Crippen LogP contribution is -2.44. The lowest BCUT2D eigenvalue weighted by Gasteiger charge is -2.30. The molecule has 1 atom stereocenters. The van der Waals surface area contributed by atoms with E-state index in [4.69, 9.17) is 18.4 Å². The molecule has 5 rings (SSSR count). The monoisotopic (exact) mass is 430 g/mol. The predicted molar refractivity (Wildman–Crippen MR) is 112 cm³/mol. The fourth-order valence-corrected chi connectivity index (χ4v) is 3.71. The van der Waals surface area contributed by atoms with E-state index in [2.05, 4.69) is 39.5 Å². The summed E-state index contributed by atoms with van der Waals surface area (Å²) in [5.74, 6) is 1.73. The minimum absolute atomic E-state index is 0. The van der Waals surface area contributed by atoms with Crippen LogP contribution in [0.2, 0.25) is 0 Å². The number of pyridine rings is 1. The zero-order valence-electron chi connectivity index (χ0n) is 16.8. The number of fused-ring (bicyclic) bond motifs is 1. The number of likely N-dealkylation sites (N-methyl/N-ethyl adjacent to an activating group) is 1. The molecule has 0 spiro atoms. The Morgan fingerprint density at radius 3 is 2.90 bits per heavy atom. The van der Waals surface area contributed by atoms with Gasteiger partial charge in [-0.3, -0.25) is 4.90 Å². The van der Waals surface area contributed by atoms with Gasteiger partial charge in [-0.1, -0.05) is 23.7 Å². The summed E-state index contributed by atoms with van der Waals surface area (Å²) in [6.45, 7) is 4.77. The van der Waals surface area contributed by atoms with E-state index in [0.717, 1.165) is 49.1 Å². The van der Waals surface area contributed by atoms with Crippen LogP contribution in [-0.4, -0.2) is 51.9 Å². The highest BCUT2D eigenvalue weighted by molar-refractivity contribution is 5.93. The molecule has 158 valence electrons. The van der Waals surface area contributed by atoms with Crippen LogP contribution in [0.5, 0.6) is 0 Å². The molecule has 5 heterocycles. The van der Waals surface area contributed by atoms with Gasteiger partial charge >= 0.3 is 0 Å². The zero-order valence-corrected chi connectivity index (χ0v) is 17.6. The standard InChI is InChI=1S/C20H22N6O3.ClH/c1-3-5-13-17-12(10-14(16-6-4-9-27-16)22-20(17)29-24-13)19-23-18(25-28-19)15-11-21-7-8-26(15)2;/h4,6,9-10,15,21H,3,5,7-8,11H2,1-2H3;1H. The maximum absolute atomic E-state index is 5.69. The zero-order chi connectivity index (χ0) is 19.8. The molecule has 1 aliphatic heterocycles. The van der Waals surface area contributed by atoms with Crippen molar-refractivity contribution in [2.45, 2.75) is 25.8 Å². The summed E-state index contributed by atoms with van der Waals surface area (Å²) in [5.41, 5.74) is 2.67. The lowest BCUT2D eigenvalue weighted by molar-refractivity contribution is 0.190. The summed E-state index contributed by atoms with van der Waals surface area (Å²) in [7, 11) is 2.07. The van der Waals surface area contributed by atoms with Crippen LogP contribution in [-0.2, 0) is 6.42 Å². The number of rotatable bonds is 5. The van der Waals surface area contributed by atoms with Crippen molar-refractivity contribution < 1.29 is 13.5 Å². The molecule has 0 amide bonds. The Balaban J connectivity index is 0.00000218. The molecular weight excluding hydrogens is 408 g/mol. The van der Waals surface area contributed by atoms with Crippen molar-refractivity contribution in [3.8, 4) is 22.9 Å². The number of hydrogen-bond acceptors (Lipinski definition) is 9. The molecule has 0 aromatic carbocycles. The summed E-state index contributed by atoms with van der Waals surface area (Å²) in [6, 6.07) is 5.64. The third kappa shape index (κ3) is 3.60. The second-order valence-electron chi connectivity index (χ2n) is 7.25. The first-order valence-electron chi connectivity index (χ1n) is 9.82. The van der Waals surface area contributed by atoms with Crippen LogP contribution in [0, 0.1) is 0 Å². The minimum atomic E-state index is 0. The van der Waals surface area contributed by atoms with E-state index in [1.807, 2.05) is 18.2 Å². The molecule has 0 bridgehead atoms. The smallest absolute Gasteiger partial charge is 0.259 e. The maximum atomic E-state index is 5.69. The van der Waals surface area contributed by atoms with Crippen LogP contribution in [0.15, 0.2) is 37.9 Å². The van der Waals surface area contributed by atoms with Gasteiger partial charge in [0, 0.05) is 19.6 Å². The molecule has 4 aromatic heterocycles. The molecule has 10 heteroatoms. The number of halogens is 1. The Kier molecular flexibility index (Phi) is 5.85. The Hall–Kier alpha value is -2.75. The number of nitrogens with one attached hydrogen (secondary N) is 1. The summed E-state index contributed by atoms with van der Waals surface area (Å²) in [6.07, 6.45) is 3.33. The Labute approximate surface area is 179 Å². The topological polar surface area (TPSA) is 106 Å². The van der Waals surface area contributed by atoms with Gasteiger partial charge in [0.2, 0.25) is 0 Å². The fourth-order valence-electron chi connectivity index (χ4n) is 3.71. The number of piperazine rings is 1. The second-order valence-corrected chi connectivity index (χ2v) is 7.25. The molecule has 9 nitrogen and oxygen atoms in total. The van der Waals surface area contributed by atoms with Crippen molar-refractivity contribution in [2.24, 2.45) is 0 Å². The number of aryl methyl sites for hydroxylation is 1. The lowest BCUT2D eigenvalue weighted by atomic mass is 10.1. The van der Waals surface area contributed by atoms with Gasteiger partial charge in [-0.15, -0.1) is 12.4 Å². The summed E-state index contributed by atoms with van der Waals surface area (Å²) in [4.78, 5) is 11.5. The summed E-state index contributed by atoms with van der Waals surface area (Å²) in [5, 5.41) is 12.7. The average Bonchev–Trinajstić information content (AvgIpc) is 3.49.